The van der Waals surface area contributed by atoms with Crippen LogP contribution < -0.4 is 0 Å². The van der Waals surface area contributed by atoms with Crippen molar-refractivity contribution in [1.29, 1.82) is 0 Å². The van der Waals surface area contributed by atoms with Crippen LogP contribution in [0.25, 0.3) is 77.9 Å². The Bertz CT molecular complexity index is 2450. The molecule has 2 aromatic heterocycles. The van der Waals surface area contributed by atoms with E-state index in [1.54, 1.807) is 0 Å². The van der Waals surface area contributed by atoms with E-state index in [1.165, 1.54) is 43.7 Å². The summed E-state index contributed by atoms with van der Waals surface area (Å²) in [7, 11) is 0. The van der Waals surface area contributed by atoms with Crippen molar-refractivity contribution in [2.24, 2.45) is 0 Å². The molecule has 0 aliphatic carbocycles. The van der Waals surface area contributed by atoms with Crippen LogP contribution in [-0.2, 0) is 0 Å². The molecule has 2 heterocycles. The normalized spacial score (nSPS) is 11.5. The molecule has 0 aliphatic heterocycles. The van der Waals surface area contributed by atoms with Gasteiger partial charge in [0.2, 0.25) is 0 Å². The van der Waals surface area contributed by atoms with Gasteiger partial charge in [-0.3, -0.25) is 0 Å². The van der Waals surface area contributed by atoms with E-state index in [9.17, 15) is 0 Å². The highest BCUT2D eigenvalue weighted by Crippen LogP contribution is 2.33. The lowest BCUT2D eigenvalue weighted by Crippen LogP contribution is -2.01. The van der Waals surface area contributed by atoms with Crippen molar-refractivity contribution in [3.05, 3.63) is 170 Å². The van der Waals surface area contributed by atoms with Gasteiger partial charge < -0.3 is 4.57 Å². The molecule has 0 saturated heterocycles. The summed E-state index contributed by atoms with van der Waals surface area (Å²) in [6.45, 7) is 0. The summed E-state index contributed by atoms with van der Waals surface area (Å²) in [5.74, 6) is 1.49. The second-order valence-corrected chi connectivity index (χ2v) is 11.6. The van der Waals surface area contributed by atoms with E-state index in [2.05, 4.69) is 156 Å². The molecule has 0 atom stereocenters. The van der Waals surface area contributed by atoms with Gasteiger partial charge in [0.1, 0.15) is 0 Å². The van der Waals surface area contributed by atoms with E-state index in [0.717, 1.165) is 28.3 Å². The fourth-order valence-corrected chi connectivity index (χ4v) is 6.51. The minimum atomic E-state index is 0.695. The maximum Gasteiger partial charge on any atom is 0.182 e. The number of benzene rings is 7. The van der Waals surface area contributed by atoms with Crippen LogP contribution in [0.15, 0.2) is 170 Å². The Morgan fingerprint density at radius 2 is 0.957 bits per heavy atom. The fraction of sp³-hybridized carbons (Fsp3) is 0. The average molecular weight is 589 g/mol. The summed E-state index contributed by atoms with van der Waals surface area (Å²) in [4.78, 5) is 5.07. The standard InChI is InChI=1S/C42H28N4/c1-2-11-31(12-3-1)41-43-42(32-21-18-30(19-22-32)34-23-20-29-10-4-5-13-33(29)28-34)46(44-41)36-26-24-35(25-27-36)45-39-16-8-6-14-37(39)38-15-7-9-17-40(38)45/h1-28H. The summed E-state index contributed by atoms with van der Waals surface area (Å²) in [5.41, 5.74) is 8.78. The number of para-hydroxylation sites is 2. The molecule has 9 rings (SSSR count). The third-order valence-electron chi connectivity index (χ3n) is 8.80. The predicted octanol–water partition coefficient (Wildman–Crippen LogP) is 10.5. The van der Waals surface area contributed by atoms with Gasteiger partial charge >= 0.3 is 0 Å². The first kappa shape index (κ1) is 26.2. The molecular weight excluding hydrogens is 560 g/mol. The molecule has 4 heteroatoms. The fourth-order valence-electron chi connectivity index (χ4n) is 6.51. The average Bonchev–Trinajstić information content (AvgIpc) is 3.73. The van der Waals surface area contributed by atoms with Crippen molar-refractivity contribution >= 4 is 32.6 Å². The van der Waals surface area contributed by atoms with Crippen molar-refractivity contribution < 1.29 is 0 Å². The third-order valence-corrected chi connectivity index (χ3v) is 8.80. The number of hydrogen-bond acceptors (Lipinski definition) is 2. The van der Waals surface area contributed by atoms with Crippen molar-refractivity contribution in [2.75, 3.05) is 0 Å². The van der Waals surface area contributed by atoms with Crippen LogP contribution in [0, 0.1) is 0 Å². The maximum absolute atomic E-state index is 5.07. The Kier molecular flexibility index (Phi) is 6.10. The van der Waals surface area contributed by atoms with Crippen LogP contribution in [0.2, 0.25) is 0 Å². The van der Waals surface area contributed by atoms with Gasteiger partial charge in [0.25, 0.3) is 0 Å². The van der Waals surface area contributed by atoms with Crippen LogP contribution in [0.4, 0.5) is 0 Å². The maximum atomic E-state index is 5.07. The topological polar surface area (TPSA) is 35.6 Å². The predicted molar refractivity (Wildman–Crippen MR) is 190 cm³/mol. The Hall–Kier alpha value is -6.26. The van der Waals surface area contributed by atoms with E-state index in [-0.39, 0.29) is 0 Å². The Morgan fingerprint density at radius 3 is 1.67 bits per heavy atom. The van der Waals surface area contributed by atoms with Crippen molar-refractivity contribution in [3.63, 3.8) is 0 Å². The Balaban J connectivity index is 1.13. The smallest absolute Gasteiger partial charge is 0.182 e. The van der Waals surface area contributed by atoms with E-state index in [1.807, 2.05) is 22.9 Å². The zero-order chi connectivity index (χ0) is 30.5. The highest BCUT2D eigenvalue weighted by Gasteiger charge is 2.17. The summed E-state index contributed by atoms with van der Waals surface area (Å²) >= 11 is 0. The summed E-state index contributed by atoms with van der Waals surface area (Å²) in [6, 6.07) is 59.7. The summed E-state index contributed by atoms with van der Waals surface area (Å²) in [5, 5.41) is 10.0. The molecule has 9 aromatic rings. The SMILES string of the molecule is c1ccc(-c2nc(-c3ccc(-c4ccc5ccccc5c4)cc3)n(-c3ccc(-n4c5ccccc5c5ccccc54)cc3)n2)cc1. The van der Waals surface area contributed by atoms with Crippen LogP contribution in [-0.4, -0.2) is 19.3 Å². The number of hydrogen-bond donors (Lipinski definition) is 0. The van der Waals surface area contributed by atoms with E-state index < -0.39 is 0 Å². The zero-order valence-corrected chi connectivity index (χ0v) is 25.0. The van der Waals surface area contributed by atoms with Crippen molar-refractivity contribution in [3.8, 4) is 45.3 Å². The van der Waals surface area contributed by atoms with E-state index in [4.69, 9.17) is 10.1 Å². The quantitative estimate of drug-likeness (QED) is 0.200. The molecule has 4 nitrogen and oxygen atoms in total. The lowest BCUT2D eigenvalue weighted by molar-refractivity contribution is 0.889. The monoisotopic (exact) mass is 588 g/mol. The number of nitrogens with zero attached hydrogens (tertiary/aromatic N) is 4. The van der Waals surface area contributed by atoms with Gasteiger partial charge in [-0.2, -0.15) is 0 Å². The molecule has 0 fully saturated rings. The molecule has 0 saturated carbocycles. The lowest BCUT2D eigenvalue weighted by atomic mass is 10.00. The summed E-state index contributed by atoms with van der Waals surface area (Å²) < 4.78 is 4.29. The van der Waals surface area contributed by atoms with Gasteiger partial charge in [0, 0.05) is 27.6 Å². The van der Waals surface area contributed by atoms with Crippen LogP contribution >= 0.6 is 0 Å². The molecular formula is C42H28N4. The molecule has 46 heavy (non-hydrogen) atoms. The van der Waals surface area contributed by atoms with Gasteiger partial charge in [-0.25, -0.2) is 9.67 Å². The van der Waals surface area contributed by atoms with Crippen LogP contribution in [0.1, 0.15) is 0 Å². The number of aromatic nitrogens is 4. The zero-order valence-electron chi connectivity index (χ0n) is 25.0. The first-order chi connectivity index (χ1) is 22.8. The van der Waals surface area contributed by atoms with Gasteiger partial charge in [0.15, 0.2) is 11.6 Å². The highest BCUT2D eigenvalue weighted by molar-refractivity contribution is 6.09. The molecule has 0 radical (unpaired) electrons. The van der Waals surface area contributed by atoms with E-state index >= 15 is 0 Å². The van der Waals surface area contributed by atoms with Gasteiger partial charge in [-0.1, -0.05) is 127 Å². The Labute approximate surface area is 266 Å². The number of rotatable bonds is 5. The van der Waals surface area contributed by atoms with Crippen molar-refractivity contribution in [1.82, 2.24) is 19.3 Å². The molecule has 216 valence electrons. The largest absolute Gasteiger partial charge is 0.309 e. The van der Waals surface area contributed by atoms with E-state index in [0.29, 0.717) is 5.82 Å². The van der Waals surface area contributed by atoms with Gasteiger partial charge in [0.05, 0.1) is 16.7 Å². The summed E-state index contributed by atoms with van der Waals surface area (Å²) in [6.07, 6.45) is 0. The molecule has 7 aromatic carbocycles. The van der Waals surface area contributed by atoms with Crippen LogP contribution in [0.3, 0.4) is 0 Å². The first-order valence-electron chi connectivity index (χ1n) is 15.5. The molecule has 0 spiro atoms. The van der Waals surface area contributed by atoms with Crippen molar-refractivity contribution in [2.45, 2.75) is 0 Å². The molecule has 0 bridgehead atoms. The molecule has 0 N–H and O–H groups in total. The minimum Gasteiger partial charge on any atom is -0.309 e. The first-order valence-corrected chi connectivity index (χ1v) is 15.5. The van der Waals surface area contributed by atoms with Crippen LogP contribution in [0.5, 0.6) is 0 Å². The molecule has 0 aliphatic rings. The minimum absolute atomic E-state index is 0.695. The number of fused-ring (bicyclic) bond motifs is 4. The van der Waals surface area contributed by atoms with Gasteiger partial charge in [-0.15, -0.1) is 5.10 Å². The molecule has 0 unspecified atom stereocenters. The second-order valence-electron chi connectivity index (χ2n) is 11.6. The second kappa shape index (κ2) is 10.7. The third kappa shape index (κ3) is 4.39. The molecule has 0 amide bonds. The van der Waals surface area contributed by atoms with Gasteiger partial charge in [-0.05, 0) is 64.4 Å². The lowest BCUT2D eigenvalue weighted by Gasteiger charge is -2.11. The Morgan fingerprint density at radius 1 is 0.391 bits per heavy atom. The highest BCUT2D eigenvalue weighted by atomic mass is 15.4.